The molecule has 8 N–H and O–H groups in total. The fourth-order valence-corrected chi connectivity index (χ4v) is 3.23. The molecule has 0 aromatic heterocycles. The Morgan fingerprint density at radius 2 is 1.14 bits per heavy atom. The molecule has 0 fully saturated rings. The van der Waals surface area contributed by atoms with Gasteiger partial charge in [-0.1, -0.05) is 24.3 Å². The van der Waals surface area contributed by atoms with Gasteiger partial charge in [0.15, 0.2) is 23.0 Å². The number of aryl methyl sites for hydroxylation is 1. The minimum atomic E-state index is -0.0919. The molecule has 0 spiro atoms. The van der Waals surface area contributed by atoms with Gasteiger partial charge in [0.2, 0.25) is 0 Å². The van der Waals surface area contributed by atoms with Crippen molar-refractivity contribution < 1.29 is 25.5 Å². The van der Waals surface area contributed by atoms with Crippen LogP contribution in [0.2, 0.25) is 0 Å². The van der Waals surface area contributed by atoms with Gasteiger partial charge in [0.25, 0.3) is 0 Å². The van der Waals surface area contributed by atoms with Crippen LogP contribution >= 0.6 is 24.8 Å². The van der Waals surface area contributed by atoms with Gasteiger partial charge < -0.3 is 36.6 Å². The number of hydrogen-bond donors (Lipinski definition) is 7. The van der Waals surface area contributed by atoms with Gasteiger partial charge in [-0.3, -0.25) is 0 Å². The Morgan fingerprint density at radius 3 is 1.63 bits per heavy atom. The molecule has 3 rings (SSSR count). The Bertz CT molecular complexity index is 1000. The molecule has 3 aromatic carbocycles. The zero-order valence-corrected chi connectivity index (χ0v) is 21.4. The summed E-state index contributed by atoms with van der Waals surface area (Å²) in [6, 6.07) is 17.3. The number of rotatable bonds is 9. The van der Waals surface area contributed by atoms with Crippen LogP contribution < -0.4 is 11.1 Å². The second-order valence-electron chi connectivity index (χ2n) is 8.00. The lowest BCUT2D eigenvalue weighted by Gasteiger charge is -2.14. The van der Waals surface area contributed by atoms with Crippen molar-refractivity contribution in [3.05, 3.63) is 77.4 Å². The Morgan fingerprint density at radius 1 is 0.657 bits per heavy atom. The first kappa shape index (κ1) is 32.2. The molecule has 1 atom stereocenters. The molecule has 0 aliphatic carbocycles. The van der Waals surface area contributed by atoms with Gasteiger partial charge >= 0.3 is 0 Å². The Labute approximate surface area is 219 Å². The highest BCUT2D eigenvalue weighted by Crippen LogP contribution is 2.25. The molecule has 0 saturated heterocycles. The minimum Gasteiger partial charge on any atom is -0.508 e. The molecule has 3 aromatic rings. The first-order valence-corrected chi connectivity index (χ1v) is 11.0. The van der Waals surface area contributed by atoms with Crippen molar-refractivity contribution in [2.75, 3.05) is 13.1 Å². The summed E-state index contributed by atoms with van der Waals surface area (Å²) in [4.78, 5) is 0. The topological polar surface area (TPSA) is 139 Å². The van der Waals surface area contributed by atoms with E-state index >= 15 is 0 Å². The van der Waals surface area contributed by atoms with Crippen molar-refractivity contribution in [1.29, 1.82) is 0 Å². The quantitative estimate of drug-likeness (QED) is 0.205. The summed E-state index contributed by atoms with van der Waals surface area (Å²) in [6.45, 7) is 3.51. The molecule has 1 unspecified atom stereocenters. The molecule has 0 bridgehead atoms. The molecule has 35 heavy (non-hydrogen) atoms. The van der Waals surface area contributed by atoms with E-state index in [0.717, 1.165) is 36.9 Å². The maximum absolute atomic E-state index is 9.45. The molecule has 0 heterocycles. The first-order chi connectivity index (χ1) is 15.8. The number of benzene rings is 3. The lowest BCUT2D eigenvalue weighted by Crippen LogP contribution is -2.28. The average molecular weight is 527 g/mol. The van der Waals surface area contributed by atoms with E-state index in [1.807, 2.05) is 18.2 Å². The molecule has 0 aliphatic rings. The van der Waals surface area contributed by atoms with Crippen LogP contribution in [0.4, 0.5) is 0 Å². The second kappa shape index (κ2) is 16.7. The van der Waals surface area contributed by atoms with Crippen LogP contribution in [0, 0.1) is 0 Å². The monoisotopic (exact) mass is 526 g/mol. The summed E-state index contributed by atoms with van der Waals surface area (Å²) < 4.78 is 0. The highest BCUT2D eigenvalue weighted by molar-refractivity contribution is 5.85. The van der Waals surface area contributed by atoms with E-state index in [1.165, 1.54) is 23.8 Å². The SMILES string of the molecule is CC(CCc1ccc(O)cc1)NCCc1ccc(O)c(O)c1.Cl.Cl.NCCc1ccc(O)c(O)c1. The van der Waals surface area contributed by atoms with Crippen LogP contribution in [0.5, 0.6) is 28.7 Å². The number of nitrogens with two attached hydrogens (primary N) is 1. The summed E-state index contributed by atoms with van der Waals surface area (Å²) in [5.41, 5.74) is 8.45. The molecule has 0 amide bonds. The largest absolute Gasteiger partial charge is 0.508 e. The number of aromatic hydroxyl groups is 5. The summed E-state index contributed by atoms with van der Waals surface area (Å²) in [7, 11) is 0. The number of phenols is 5. The van der Waals surface area contributed by atoms with Crippen LogP contribution in [0.3, 0.4) is 0 Å². The van der Waals surface area contributed by atoms with Crippen LogP contribution in [-0.2, 0) is 19.3 Å². The van der Waals surface area contributed by atoms with E-state index in [1.54, 1.807) is 24.3 Å². The molecule has 0 radical (unpaired) electrons. The normalized spacial score (nSPS) is 10.8. The second-order valence-corrected chi connectivity index (χ2v) is 8.00. The van der Waals surface area contributed by atoms with E-state index in [4.69, 9.17) is 15.9 Å². The molecular formula is C26H36Cl2N2O5. The third-order valence-corrected chi connectivity index (χ3v) is 5.22. The van der Waals surface area contributed by atoms with E-state index in [0.29, 0.717) is 24.8 Å². The molecule has 0 aliphatic heterocycles. The van der Waals surface area contributed by atoms with Crippen molar-refractivity contribution in [2.45, 2.75) is 38.6 Å². The van der Waals surface area contributed by atoms with Gasteiger partial charge in [0.1, 0.15) is 5.75 Å². The van der Waals surface area contributed by atoms with Crippen molar-refractivity contribution in [2.24, 2.45) is 5.73 Å². The fourth-order valence-electron chi connectivity index (χ4n) is 3.23. The summed E-state index contributed by atoms with van der Waals surface area (Å²) in [6.07, 6.45) is 3.51. The van der Waals surface area contributed by atoms with Gasteiger partial charge in [-0.05, 0) is 98.8 Å². The maximum Gasteiger partial charge on any atom is 0.157 e. The molecule has 7 nitrogen and oxygen atoms in total. The lowest BCUT2D eigenvalue weighted by atomic mass is 10.1. The highest BCUT2D eigenvalue weighted by Gasteiger charge is 2.04. The first-order valence-electron chi connectivity index (χ1n) is 11.0. The number of hydrogen-bond acceptors (Lipinski definition) is 7. The van der Waals surface area contributed by atoms with Crippen molar-refractivity contribution in [3.63, 3.8) is 0 Å². The van der Waals surface area contributed by atoms with Gasteiger partial charge in [-0.15, -0.1) is 24.8 Å². The van der Waals surface area contributed by atoms with Crippen molar-refractivity contribution in [1.82, 2.24) is 5.32 Å². The summed E-state index contributed by atoms with van der Waals surface area (Å²) >= 11 is 0. The van der Waals surface area contributed by atoms with Crippen LogP contribution in [0.15, 0.2) is 60.7 Å². The standard InChI is InChI=1S/C18H23NO3.C8H11NO2.2ClH/c1-13(2-3-14-4-7-16(20)8-5-14)19-11-10-15-6-9-17(21)18(22)12-15;9-4-3-6-1-2-7(10)8(11)5-6;;/h4-9,12-13,19-22H,2-3,10-11H2,1H3;1-2,5,10-11H,3-4,9H2;2*1H. The maximum atomic E-state index is 9.45. The Kier molecular flexibility index (Phi) is 15.4. The third kappa shape index (κ3) is 11.9. The lowest BCUT2D eigenvalue weighted by molar-refractivity contribution is 0.403. The average Bonchev–Trinajstić information content (AvgIpc) is 2.79. The zero-order valence-electron chi connectivity index (χ0n) is 19.7. The van der Waals surface area contributed by atoms with E-state index < -0.39 is 0 Å². The van der Waals surface area contributed by atoms with E-state index in [9.17, 15) is 15.3 Å². The van der Waals surface area contributed by atoms with Crippen molar-refractivity contribution in [3.8, 4) is 28.7 Å². The van der Waals surface area contributed by atoms with Crippen molar-refractivity contribution >= 4 is 24.8 Å². The third-order valence-electron chi connectivity index (χ3n) is 5.22. The fraction of sp³-hybridized carbons (Fsp3) is 0.308. The van der Waals surface area contributed by atoms with Crippen LogP contribution in [0.1, 0.15) is 30.0 Å². The number of halogens is 2. The van der Waals surface area contributed by atoms with E-state index in [2.05, 4.69) is 12.2 Å². The number of nitrogens with one attached hydrogen (secondary N) is 1. The Hall–Kier alpha value is -2.84. The molecule has 194 valence electrons. The van der Waals surface area contributed by atoms with Gasteiger partial charge in [0.05, 0.1) is 0 Å². The smallest absolute Gasteiger partial charge is 0.157 e. The molecule has 0 saturated carbocycles. The van der Waals surface area contributed by atoms with Crippen LogP contribution in [-0.4, -0.2) is 44.7 Å². The molecular weight excluding hydrogens is 491 g/mol. The predicted octanol–water partition coefficient (Wildman–Crippen LogP) is 4.40. The molecule has 9 heteroatoms. The van der Waals surface area contributed by atoms with Gasteiger partial charge in [-0.25, -0.2) is 0 Å². The zero-order chi connectivity index (χ0) is 24.2. The van der Waals surface area contributed by atoms with E-state index in [-0.39, 0.29) is 47.8 Å². The van der Waals surface area contributed by atoms with Gasteiger partial charge in [0, 0.05) is 6.04 Å². The minimum absolute atomic E-state index is 0. The number of phenolic OH excluding ortho intramolecular Hbond substituents is 5. The summed E-state index contributed by atoms with van der Waals surface area (Å²) in [5, 5.41) is 49.4. The highest BCUT2D eigenvalue weighted by atomic mass is 35.5. The summed E-state index contributed by atoms with van der Waals surface area (Å²) in [5.74, 6) is -0.0364. The van der Waals surface area contributed by atoms with Crippen LogP contribution in [0.25, 0.3) is 0 Å². The predicted molar refractivity (Wildman–Crippen MR) is 144 cm³/mol. The Balaban J connectivity index is 0.000000757. The van der Waals surface area contributed by atoms with Gasteiger partial charge in [-0.2, -0.15) is 0 Å².